The Morgan fingerprint density at radius 2 is 2.21 bits per heavy atom. The van der Waals surface area contributed by atoms with Crippen molar-refractivity contribution in [2.75, 3.05) is 13.6 Å². The molecule has 2 fully saturated rings. The lowest BCUT2D eigenvalue weighted by Gasteiger charge is -2.30. The number of rotatable bonds is 3. The zero-order chi connectivity index (χ0) is 17.1. The van der Waals surface area contributed by atoms with Gasteiger partial charge < -0.3 is 10.1 Å². The first-order chi connectivity index (χ1) is 11.3. The molecule has 9 heteroatoms. The number of ketones is 1. The van der Waals surface area contributed by atoms with E-state index in [9.17, 15) is 18.0 Å². The van der Waals surface area contributed by atoms with Crippen LogP contribution in [0.3, 0.4) is 0 Å². The molecule has 0 aliphatic carbocycles. The van der Waals surface area contributed by atoms with Crippen LogP contribution in [0.4, 0.5) is 13.2 Å². The smallest absolute Gasteiger partial charge is 0.403 e. The number of hydrogen-bond acceptors (Lipinski definition) is 5. The molecular weight excluding hydrogens is 325 g/mol. The quantitative estimate of drug-likeness (QED) is 0.832. The van der Waals surface area contributed by atoms with E-state index >= 15 is 0 Å². The number of hydrogen-bond donors (Lipinski definition) is 2. The van der Waals surface area contributed by atoms with Crippen molar-refractivity contribution in [3.63, 3.8) is 0 Å². The highest BCUT2D eigenvalue weighted by Gasteiger charge is 2.48. The molecule has 128 valence electrons. The first-order valence-electron chi connectivity index (χ1n) is 7.57. The number of Topliss-reactive ketones (excluding diaryl/α,β-unsaturated/α-hetero) is 1. The largest absolute Gasteiger partial charge is 0.573 e. The van der Waals surface area contributed by atoms with E-state index in [0.29, 0.717) is 11.4 Å². The fourth-order valence-electron chi connectivity index (χ4n) is 3.73. The Morgan fingerprint density at radius 3 is 2.88 bits per heavy atom. The van der Waals surface area contributed by atoms with Crippen LogP contribution in [0, 0.1) is 0 Å². The highest BCUT2D eigenvalue weighted by atomic mass is 19.4. The molecule has 0 radical (unpaired) electrons. The fraction of sp³-hybridized carbons (Fsp3) is 0.467. The number of para-hydroxylation sites is 1. The number of H-pyrrole nitrogens is 1. The Bertz CT molecular complexity index is 802. The summed E-state index contributed by atoms with van der Waals surface area (Å²) in [6.07, 6.45) is -3.92. The van der Waals surface area contributed by atoms with Gasteiger partial charge in [-0.15, -0.1) is 13.2 Å². The van der Waals surface area contributed by atoms with Crippen LogP contribution in [-0.2, 0) is 0 Å². The van der Waals surface area contributed by atoms with Gasteiger partial charge in [0.1, 0.15) is 11.2 Å². The van der Waals surface area contributed by atoms with Crippen LogP contribution >= 0.6 is 0 Å². The molecular formula is C15H15F3N4O2. The number of piperazine rings is 1. The van der Waals surface area contributed by atoms with Crippen LogP contribution in [-0.4, -0.2) is 59.0 Å². The van der Waals surface area contributed by atoms with Crippen LogP contribution in [0.25, 0.3) is 10.9 Å². The maximum absolute atomic E-state index is 12.9. The number of alkyl halides is 3. The molecule has 0 spiro atoms. The monoisotopic (exact) mass is 340 g/mol. The summed E-state index contributed by atoms with van der Waals surface area (Å²) >= 11 is 0. The van der Waals surface area contributed by atoms with Gasteiger partial charge in [-0.25, -0.2) is 0 Å². The molecule has 6 nitrogen and oxygen atoms in total. The molecule has 1 aromatic carbocycles. The van der Waals surface area contributed by atoms with Crippen molar-refractivity contribution in [1.29, 1.82) is 0 Å². The number of aromatic nitrogens is 2. The van der Waals surface area contributed by atoms with Crippen molar-refractivity contribution in [2.24, 2.45) is 0 Å². The first kappa shape index (κ1) is 15.4. The molecule has 2 aromatic rings. The Kier molecular flexibility index (Phi) is 3.33. The third-order valence-corrected chi connectivity index (χ3v) is 4.83. The van der Waals surface area contributed by atoms with E-state index in [-0.39, 0.29) is 29.1 Å². The normalized spacial score (nSPS) is 27.1. The lowest BCUT2D eigenvalue weighted by Crippen LogP contribution is -2.53. The zero-order valence-electron chi connectivity index (χ0n) is 12.7. The highest BCUT2D eigenvalue weighted by molar-refractivity contribution is 6.09. The molecule has 4 rings (SSSR count). The molecule has 3 atom stereocenters. The van der Waals surface area contributed by atoms with Crippen molar-refractivity contribution in [1.82, 2.24) is 20.4 Å². The fourth-order valence-corrected chi connectivity index (χ4v) is 3.73. The highest BCUT2D eigenvalue weighted by Crippen LogP contribution is 2.34. The SMILES string of the molecule is CN1C(C(=O)c2n[nH]c3c(OC(F)(F)F)cccc23)[C@H]2C[C@H]1CN2. The lowest BCUT2D eigenvalue weighted by atomic mass is 10.0. The topological polar surface area (TPSA) is 70.2 Å². The van der Waals surface area contributed by atoms with E-state index < -0.39 is 12.1 Å². The van der Waals surface area contributed by atoms with Crippen molar-refractivity contribution in [2.45, 2.75) is 30.9 Å². The Labute approximate surface area is 134 Å². The second-order valence-corrected chi connectivity index (χ2v) is 6.18. The average Bonchev–Trinajstić information content (AvgIpc) is 3.18. The minimum Gasteiger partial charge on any atom is -0.403 e. The van der Waals surface area contributed by atoms with Gasteiger partial charge in [0.25, 0.3) is 0 Å². The number of likely N-dealkylation sites (tertiary alicyclic amines) is 1. The van der Waals surface area contributed by atoms with E-state index in [2.05, 4.69) is 20.3 Å². The Morgan fingerprint density at radius 1 is 1.42 bits per heavy atom. The van der Waals surface area contributed by atoms with Crippen molar-refractivity contribution in [3.05, 3.63) is 23.9 Å². The van der Waals surface area contributed by atoms with Gasteiger partial charge in [0.15, 0.2) is 5.75 Å². The summed E-state index contributed by atoms with van der Waals surface area (Å²) in [7, 11) is 1.89. The van der Waals surface area contributed by atoms with E-state index in [4.69, 9.17) is 0 Å². The number of nitrogens with zero attached hydrogens (tertiary/aromatic N) is 2. The van der Waals surface area contributed by atoms with E-state index in [1.807, 2.05) is 11.9 Å². The third-order valence-electron chi connectivity index (χ3n) is 4.83. The minimum absolute atomic E-state index is 0.0499. The maximum Gasteiger partial charge on any atom is 0.573 e. The number of ether oxygens (including phenoxy) is 1. The molecule has 2 N–H and O–H groups in total. The molecule has 1 unspecified atom stereocenters. The van der Waals surface area contributed by atoms with Gasteiger partial charge in [-0.3, -0.25) is 14.8 Å². The number of carbonyl (C=O) groups excluding carboxylic acids is 1. The van der Waals surface area contributed by atoms with Crippen LogP contribution in [0.15, 0.2) is 18.2 Å². The number of carbonyl (C=O) groups is 1. The molecule has 2 aliphatic rings. The van der Waals surface area contributed by atoms with Gasteiger partial charge in [0, 0.05) is 24.0 Å². The Hall–Kier alpha value is -2.13. The average molecular weight is 340 g/mol. The molecule has 0 amide bonds. The molecule has 24 heavy (non-hydrogen) atoms. The summed E-state index contributed by atoms with van der Waals surface area (Å²) in [6.45, 7) is 0.843. The predicted octanol–water partition coefficient (Wildman–Crippen LogP) is 1.69. The van der Waals surface area contributed by atoms with Crippen molar-refractivity contribution >= 4 is 16.7 Å². The molecule has 1 aromatic heterocycles. The van der Waals surface area contributed by atoms with E-state index in [1.54, 1.807) is 6.07 Å². The summed E-state index contributed by atoms with van der Waals surface area (Å²) in [6, 6.07) is 4.16. The lowest BCUT2D eigenvalue weighted by molar-refractivity contribution is -0.274. The second kappa shape index (κ2) is 5.18. The minimum atomic E-state index is -4.81. The van der Waals surface area contributed by atoms with Crippen LogP contribution in [0.5, 0.6) is 5.75 Å². The third kappa shape index (κ3) is 2.35. The summed E-state index contributed by atoms with van der Waals surface area (Å²) in [4.78, 5) is 14.9. The first-order valence-corrected chi connectivity index (χ1v) is 7.57. The summed E-state index contributed by atoms with van der Waals surface area (Å²) < 4.78 is 41.5. The molecule has 0 saturated carbocycles. The maximum atomic E-state index is 12.9. The van der Waals surface area contributed by atoms with E-state index in [1.165, 1.54) is 12.1 Å². The van der Waals surface area contributed by atoms with Crippen molar-refractivity contribution < 1.29 is 22.7 Å². The molecule has 2 bridgehead atoms. The molecule has 3 heterocycles. The number of likely N-dealkylation sites (N-methyl/N-ethyl adjacent to an activating group) is 1. The summed E-state index contributed by atoms with van der Waals surface area (Å²) in [5, 5.41) is 10.1. The summed E-state index contributed by atoms with van der Waals surface area (Å²) in [5.41, 5.74) is 0.209. The van der Waals surface area contributed by atoms with Gasteiger partial charge in [0.2, 0.25) is 5.78 Å². The predicted molar refractivity (Wildman–Crippen MR) is 78.9 cm³/mol. The Balaban J connectivity index is 1.70. The van der Waals surface area contributed by atoms with Crippen molar-refractivity contribution in [3.8, 4) is 5.75 Å². The number of fused-ring (bicyclic) bond motifs is 3. The molecule has 2 saturated heterocycles. The van der Waals surface area contributed by atoms with Crippen LogP contribution in [0.1, 0.15) is 16.9 Å². The van der Waals surface area contributed by atoms with Gasteiger partial charge in [-0.1, -0.05) is 12.1 Å². The number of nitrogens with one attached hydrogen (secondary N) is 2. The van der Waals surface area contributed by atoms with Crippen LogP contribution in [0.2, 0.25) is 0 Å². The van der Waals surface area contributed by atoms with Crippen LogP contribution < -0.4 is 10.1 Å². The summed E-state index contributed by atoms with van der Waals surface area (Å²) in [5.74, 6) is -0.599. The van der Waals surface area contributed by atoms with Gasteiger partial charge >= 0.3 is 6.36 Å². The van der Waals surface area contributed by atoms with Gasteiger partial charge in [-0.2, -0.15) is 5.10 Å². The van der Waals surface area contributed by atoms with E-state index in [0.717, 1.165) is 13.0 Å². The number of benzene rings is 1. The standard InChI is InChI=1S/C15H15F3N4O2/c1-22-7-5-9(19-6-7)13(22)14(23)12-8-3-2-4-10(11(8)20-21-12)24-15(16,17)18/h2-4,7,9,13,19H,5-6H2,1H3,(H,20,21)/t7-,9+,13?/m0/s1. The van der Waals surface area contributed by atoms with Gasteiger partial charge in [-0.05, 0) is 19.5 Å². The number of aromatic amines is 1. The number of halogens is 3. The zero-order valence-corrected chi connectivity index (χ0v) is 12.7. The van der Waals surface area contributed by atoms with Gasteiger partial charge in [0.05, 0.1) is 6.04 Å². The second-order valence-electron chi connectivity index (χ2n) is 6.18. The molecule has 2 aliphatic heterocycles.